The van der Waals surface area contributed by atoms with Crippen molar-refractivity contribution in [3.63, 3.8) is 0 Å². The maximum atomic E-state index is 13.3. The lowest BCUT2D eigenvalue weighted by molar-refractivity contribution is -0.135. The number of benzene rings is 2. The number of rotatable bonds is 6. The maximum absolute atomic E-state index is 13.3. The molecule has 0 atom stereocenters. The predicted molar refractivity (Wildman–Crippen MR) is 129 cm³/mol. The molecule has 2 aromatic carbocycles. The molecule has 3 aromatic heterocycles. The molecule has 0 spiro atoms. The minimum atomic E-state index is -4.37. The van der Waals surface area contributed by atoms with Crippen molar-refractivity contribution in [2.24, 2.45) is 7.05 Å². The summed E-state index contributed by atoms with van der Waals surface area (Å²) in [4.78, 5) is 29.9. The van der Waals surface area contributed by atoms with Crippen LogP contribution < -0.4 is 11.0 Å². The van der Waals surface area contributed by atoms with Gasteiger partial charge in [0.1, 0.15) is 6.54 Å². The molecule has 0 bridgehead atoms. The Kier molecular flexibility index (Phi) is 5.83. The molecule has 5 rings (SSSR count). The second-order valence-electron chi connectivity index (χ2n) is 8.34. The van der Waals surface area contributed by atoms with Crippen molar-refractivity contribution >= 4 is 27.8 Å². The average Bonchev–Trinajstić information content (AvgIpc) is 3.36. The third kappa shape index (κ3) is 4.35. The van der Waals surface area contributed by atoms with E-state index in [4.69, 9.17) is 0 Å². The van der Waals surface area contributed by atoms with E-state index in [1.807, 2.05) is 19.2 Å². The molecule has 0 aliphatic heterocycles. The lowest BCUT2D eigenvalue weighted by Gasteiger charge is -2.08. The van der Waals surface area contributed by atoms with Crippen molar-refractivity contribution in [1.29, 1.82) is 0 Å². The predicted octanol–water partition coefficient (Wildman–Crippen LogP) is 3.81. The number of halogens is 3. The summed E-state index contributed by atoms with van der Waals surface area (Å²) < 4.78 is 41.7. The van der Waals surface area contributed by atoms with Crippen LogP contribution in [-0.4, -0.2) is 42.5 Å². The number of aromatic nitrogens is 5. The van der Waals surface area contributed by atoms with Crippen molar-refractivity contribution in [3.05, 3.63) is 77.6 Å². The summed E-state index contributed by atoms with van der Waals surface area (Å²) in [6.07, 6.45) is -0.227. The first-order chi connectivity index (χ1) is 17.2. The summed E-state index contributed by atoms with van der Waals surface area (Å²) in [7, 11) is 1.84. The number of hydrogen-bond donors (Lipinski definition) is 1. The van der Waals surface area contributed by atoms with Crippen molar-refractivity contribution in [1.82, 2.24) is 29.2 Å². The highest BCUT2D eigenvalue weighted by Gasteiger charge is 2.26. The van der Waals surface area contributed by atoms with Gasteiger partial charge in [-0.15, -0.1) is 0 Å². The Bertz CT molecular complexity index is 1630. The fraction of sp³-hybridized carbons (Fsp3) is 0.200. The Morgan fingerprint density at radius 2 is 1.69 bits per heavy atom. The number of aryl methyl sites for hydroxylation is 1. The van der Waals surface area contributed by atoms with E-state index in [1.165, 1.54) is 9.13 Å². The quantitative estimate of drug-likeness (QED) is 0.389. The molecule has 1 N–H and O–H groups in total. The van der Waals surface area contributed by atoms with E-state index < -0.39 is 37.3 Å². The zero-order chi connectivity index (χ0) is 25.4. The number of amides is 1. The lowest BCUT2D eigenvalue weighted by Crippen LogP contribution is -2.34. The number of fused-ring (bicyclic) bond motifs is 2. The molecule has 0 unspecified atom stereocenters. The maximum Gasteiger partial charge on any atom is 0.390 e. The third-order valence-electron chi connectivity index (χ3n) is 5.98. The fourth-order valence-electron chi connectivity index (χ4n) is 4.23. The molecule has 0 saturated heterocycles. The highest BCUT2D eigenvalue weighted by atomic mass is 19.4. The number of para-hydroxylation sites is 2. The van der Waals surface area contributed by atoms with Crippen molar-refractivity contribution < 1.29 is 18.0 Å². The second kappa shape index (κ2) is 8.99. The summed E-state index contributed by atoms with van der Waals surface area (Å²) in [5.74, 6) is -0.670. The number of hydrogen-bond acceptors (Lipinski definition) is 4. The lowest BCUT2D eigenvalue weighted by atomic mass is 10.0. The molecule has 0 radical (unpaired) electrons. The molecule has 0 saturated carbocycles. The van der Waals surface area contributed by atoms with E-state index in [0.717, 1.165) is 22.0 Å². The molecule has 5 aromatic rings. The molecular formula is C25H21F3N6O2. The zero-order valence-electron chi connectivity index (χ0n) is 19.2. The Hall–Kier alpha value is -4.41. The van der Waals surface area contributed by atoms with Gasteiger partial charge in [-0.25, -0.2) is 4.79 Å². The molecule has 1 amide bonds. The van der Waals surface area contributed by atoms with Crippen LogP contribution in [0.4, 0.5) is 13.2 Å². The van der Waals surface area contributed by atoms with Gasteiger partial charge in [-0.1, -0.05) is 24.3 Å². The Labute approximate surface area is 202 Å². The second-order valence-corrected chi connectivity index (χ2v) is 8.34. The van der Waals surface area contributed by atoms with Gasteiger partial charge in [-0.3, -0.25) is 23.6 Å². The van der Waals surface area contributed by atoms with Crippen molar-refractivity contribution in [2.75, 3.05) is 6.54 Å². The highest BCUT2D eigenvalue weighted by molar-refractivity contribution is 5.93. The molecule has 11 heteroatoms. The first-order valence-electron chi connectivity index (χ1n) is 11.1. The summed E-state index contributed by atoms with van der Waals surface area (Å²) in [6, 6.07) is 14.3. The van der Waals surface area contributed by atoms with Crippen LogP contribution in [0.3, 0.4) is 0 Å². The van der Waals surface area contributed by atoms with Crippen LogP contribution in [0.1, 0.15) is 6.42 Å². The minimum Gasteiger partial charge on any atom is -0.354 e. The summed E-state index contributed by atoms with van der Waals surface area (Å²) >= 11 is 0. The number of carbonyl (C=O) groups excluding carboxylic acids is 1. The van der Waals surface area contributed by atoms with E-state index in [1.54, 1.807) is 59.7 Å². The Morgan fingerprint density at radius 3 is 2.42 bits per heavy atom. The largest absolute Gasteiger partial charge is 0.390 e. The van der Waals surface area contributed by atoms with Crippen LogP contribution in [0.25, 0.3) is 38.8 Å². The molecular weight excluding hydrogens is 473 g/mol. The molecule has 0 aliphatic carbocycles. The Balaban J connectivity index is 1.48. The SMILES string of the molecule is Cn1ncc2c(-c3ccc(-n4c(=O)n(CC(=O)NCCC(F)(F)F)c5ccccc54)cc3)cncc21. The molecule has 36 heavy (non-hydrogen) atoms. The number of nitrogens with one attached hydrogen (secondary N) is 1. The molecule has 8 nitrogen and oxygen atoms in total. The van der Waals surface area contributed by atoms with Gasteiger partial charge < -0.3 is 5.32 Å². The van der Waals surface area contributed by atoms with E-state index in [0.29, 0.717) is 16.7 Å². The van der Waals surface area contributed by atoms with Gasteiger partial charge >= 0.3 is 11.9 Å². The van der Waals surface area contributed by atoms with Gasteiger partial charge in [0.2, 0.25) is 5.91 Å². The minimum absolute atomic E-state index is 0.392. The summed E-state index contributed by atoms with van der Waals surface area (Å²) in [5, 5.41) is 7.47. The van der Waals surface area contributed by atoms with E-state index in [2.05, 4.69) is 15.4 Å². The van der Waals surface area contributed by atoms with Crippen LogP contribution in [0.15, 0.2) is 71.9 Å². The zero-order valence-corrected chi connectivity index (χ0v) is 19.2. The highest BCUT2D eigenvalue weighted by Crippen LogP contribution is 2.28. The number of imidazole rings is 1. The van der Waals surface area contributed by atoms with Gasteiger partial charge in [-0.2, -0.15) is 18.3 Å². The van der Waals surface area contributed by atoms with E-state index in [-0.39, 0.29) is 0 Å². The Morgan fingerprint density at radius 1 is 0.972 bits per heavy atom. The normalized spacial score (nSPS) is 11.9. The monoisotopic (exact) mass is 494 g/mol. The molecule has 184 valence electrons. The van der Waals surface area contributed by atoms with Gasteiger partial charge in [0.25, 0.3) is 0 Å². The summed E-state index contributed by atoms with van der Waals surface area (Å²) in [5.41, 5.74) is 3.89. The molecule has 0 aliphatic rings. The standard InChI is InChI=1S/C25H21F3N6O2/c1-32-22-14-29-12-18(19(22)13-31-32)16-6-8-17(9-7-16)34-21-5-3-2-4-20(21)33(24(34)36)15-23(35)30-11-10-25(26,27)28/h2-9,12-14H,10-11,15H2,1H3,(H,30,35). The first-order valence-corrected chi connectivity index (χ1v) is 11.1. The topological polar surface area (TPSA) is 86.7 Å². The smallest absolute Gasteiger partial charge is 0.354 e. The number of alkyl halides is 3. The molecule has 0 fully saturated rings. The van der Waals surface area contributed by atoms with Crippen LogP contribution in [0.5, 0.6) is 0 Å². The van der Waals surface area contributed by atoms with E-state index >= 15 is 0 Å². The number of nitrogens with zero attached hydrogens (tertiary/aromatic N) is 5. The van der Waals surface area contributed by atoms with Gasteiger partial charge in [0.15, 0.2) is 0 Å². The molecule has 3 heterocycles. The van der Waals surface area contributed by atoms with Crippen LogP contribution >= 0.6 is 0 Å². The summed E-state index contributed by atoms with van der Waals surface area (Å²) in [6.45, 7) is -0.938. The van der Waals surface area contributed by atoms with Crippen LogP contribution in [0.2, 0.25) is 0 Å². The van der Waals surface area contributed by atoms with Crippen LogP contribution in [-0.2, 0) is 18.4 Å². The van der Waals surface area contributed by atoms with Gasteiger partial charge in [0.05, 0.1) is 41.1 Å². The number of pyridine rings is 1. The average molecular weight is 494 g/mol. The van der Waals surface area contributed by atoms with Crippen molar-refractivity contribution in [2.45, 2.75) is 19.1 Å². The van der Waals surface area contributed by atoms with Gasteiger partial charge in [-0.05, 0) is 29.8 Å². The fourth-order valence-corrected chi connectivity index (χ4v) is 4.23. The van der Waals surface area contributed by atoms with E-state index in [9.17, 15) is 22.8 Å². The third-order valence-corrected chi connectivity index (χ3v) is 5.98. The first kappa shape index (κ1) is 23.3. The van der Waals surface area contributed by atoms with Gasteiger partial charge in [0, 0.05) is 30.7 Å². The number of carbonyl (C=O) groups is 1. The van der Waals surface area contributed by atoms with Crippen LogP contribution in [0, 0.1) is 0 Å². The van der Waals surface area contributed by atoms with Crippen molar-refractivity contribution in [3.8, 4) is 16.8 Å².